The van der Waals surface area contributed by atoms with E-state index in [-0.39, 0.29) is 23.4 Å². The highest BCUT2D eigenvalue weighted by molar-refractivity contribution is 7.89. The molecule has 0 bridgehead atoms. The minimum Gasteiger partial charge on any atom is -0.350 e. The van der Waals surface area contributed by atoms with Crippen molar-refractivity contribution in [1.29, 1.82) is 0 Å². The molecular weight excluding hydrogens is 326 g/mol. The van der Waals surface area contributed by atoms with E-state index in [1.165, 1.54) is 24.3 Å². The number of carbonyl (C=O) groups excluding carboxylic acids is 1. The zero-order valence-corrected chi connectivity index (χ0v) is 14.5. The first-order chi connectivity index (χ1) is 11.4. The van der Waals surface area contributed by atoms with Crippen LogP contribution in [0.15, 0.2) is 53.6 Å². The number of pyridine rings is 1. The van der Waals surface area contributed by atoms with Gasteiger partial charge in [0.05, 0.1) is 17.1 Å². The fourth-order valence-electron chi connectivity index (χ4n) is 1.95. The molecular formula is C17H21N3O3S. The van der Waals surface area contributed by atoms with Gasteiger partial charge in [0, 0.05) is 17.8 Å². The number of nitrogens with one attached hydrogen (secondary N) is 2. The second kappa shape index (κ2) is 8.03. The van der Waals surface area contributed by atoms with Gasteiger partial charge in [0.2, 0.25) is 10.0 Å². The number of hydrogen-bond acceptors (Lipinski definition) is 4. The van der Waals surface area contributed by atoms with Crippen LogP contribution in [-0.4, -0.2) is 25.4 Å². The molecule has 0 saturated carbocycles. The van der Waals surface area contributed by atoms with Crippen LogP contribution in [-0.2, 0) is 16.6 Å². The smallest absolute Gasteiger partial charge is 0.251 e. The number of sulfonamides is 1. The topological polar surface area (TPSA) is 88.2 Å². The molecule has 0 aliphatic heterocycles. The largest absolute Gasteiger partial charge is 0.350 e. The van der Waals surface area contributed by atoms with E-state index >= 15 is 0 Å². The summed E-state index contributed by atoms with van der Waals surface area (Å²) in [6.45, 7) is 4.01. The summed E-state index contributed by atoms with van der Waals surface area (Å²) < 4.78 is 27.0. The van der Waals surface area contributed by atoms with Gasteiger partial charge < -0.3 is 5.32 Å². The van der Waals surface area contributed by atoms with Crippen molar-refractivity contribution < 1.29 is 13.2 Å². The molecule has 1 atom stereocenters. The molecule has 1 aromatic carbocycles. The molecule has 2 N–H and O–H groups in total. The van der Waals surface area contributed by atoms with Crippen molar-refractivity contribution in [3.63, 3.8) is 0 Å². The minimum atomic E-state index is -3.65. The Bertz CT molecular complexity index is 774. The van der Waals surface area contributed by atoms with Crippen molar-refractivity contribution >= 4 is 15.9 Å². The molecule has 24 heavy (non-hydrogen) atoms. The zero-order valence-electron chi connectivity index (χ0n) is 13.7. The zero-order chi connectivity index (χ0) is 17.6. The molecule has 2 aromatic rings. The van der Waals surface area contributed by atoms with Crippen LogP contribution >= 0.6 is 0 Å². The molecule has 0 aliphatic rings. The molecule has 7 heteroatoms. The molecule has 6 nitrogen and oxygen atoms in total. The Balaban J connectivity index is 2.04. The van der Waals surface area contributed by atoms with Gasteiger partial charge in [-0.2, -0.15) is 0 Å². The van der Waals surface area contributed by atoms with E-state index in [1.54, 1.807) is 24.4 Å². The number of rotatable bonds is 7. The molecule has 0 saturated heterocycles. The van der Waals surface area contributed by atoms with Gasteiger partial charge in [0.25, 0.3) is 5.91 Å². The van der Waals surface area contributed by atoms with Crippen LogP contribution < -0.4 is 10.0 Å². The maximum absolute atomic E-state index is 12.3. The maximum Gasteiger partial charge on any atom is 0.251 e. The van der Waals surface area contributed by atoms with Crippen molar-refractivity contribution in [2.45, 2.75) is 37.8 Å². The van der Waals surface area contributed by atoms with Crippen molar-refractivity contribution in [3.8, 4) is 0 Å². The van der Waals surface area contributed by atoms with Gasteiger partial charge in [0.15, 0.2) is 0 Å². The normalized spacial score (nSPS) is 12.6. The number of amides is 1. The summed E-state index contributed by atoms with van der Waals surface area (Å²) in [6.07, 6.45) is 2.43. The Morgan fingerprint density at radius 1 is 1.17 bits per heavy atom. The van der Waals surface area contributed by atoms with Gasteiger partial charge in [-0.25, -0.2) is 13.1 Å². The van der Waals surface area contributed by atoms with Crippen LogP contribution in [0.2, 0.25) is 0 Å². The van der Waals surface area contributed by atoms with Gasteiger partial charge in [-0.1, -0.05) is 13.0 Å². The van der Waals surface area contributed by atoms with Crippen LogP contribution in [0.25, 0.3) is 0 Å². The first kappa shape index (κ1) is 18.1. The molecule has 128 valence electrons. The van der Waals surface area contributed by atoms with Gasteiger partial charge >= 0.3 is 0 Å². The van der Waals surface area contributed by atoms with Gasteiger partial charge in [-0.3, -0.25) is 9.78 Å². The monoisotopic (exact) mass is 347 g/mol. The lowest BCUT2D eigenvalue weighted by molar-refractivity contribution is 0.0939. The second-order valence-corrected chi connectivity index (χ2v) is 7.22. The minimum absolute atomic E-state index is 0.0703. The van der Waals surface area contributed by atoms with Crippen LogP contribution in [0.1, 0.15) is 36.3 Å². The summed E-state index contributed by atoms with van der Waals surface area (Å²) >= 11 is 0. The third-order valence-electron chi connectivity index (χ3n) is 3.59. The lowest BCUT2D eigenvalue weighted by Crippen LogP contribution is -2.32. The van der Waals surface area contributed by atoms with Crippen molar-refractivity contribution in [1.82, 2.24) is 15.0 Å². The third-order valence-corrected chi connectivity index (χ3v) is 5.00. The Morgan fingerprint density at radius 3 is 2.46 bits per heavy atom. The van der Waals surface area contributed by atoms with Gasteiger partial charge in [-0.15, -0.1) is 0 Å². The molecule has 1 unspecified atom stereocenters. The summed E-state index contributed by atoms with van der Waals surface area (Å²) in [5, 5.41) is 2.84. The summed E-state index contributed by atoms with van der Waals surface area (Å²) in [5.41, 5.74) is 1.06. The predicted octanol–water partition coefficient (Wildman–Crippen LogP) is 2.09. The molecule has 0 fully saturated rings. The summed E-state index contributed by atoms with van der Waals surface area (Å²) in [6, 6.07) is 11.2. The standard InChI is InChI=1S/C17H21N3O3S/c1-3-13(2)20-17(21)14-7-9-16(10-8-14)24(22,23)19-12-15-6-4-5-11-18-15/h4-11,13,19H,3,12H2,1-2H3,(H,20,21). The summed E-state index contributed by atoms with van der Waals surface area (Å²) in [4.78, 5) is 16.2. The fourth-order valence-corrected chi connectivity index (χ4v) is 2.95. The van der Waals surface area contributed by atoms with E-state index in [0.717, 1.165) is 6.42 Å². The molecule has 0 aliphatic carbocycles. The van der Waals surface area contributed by atoms with E-state index in [2.05, 4.69) is 15.0 Å². The van der Waals surface area contributed by atoms with Crippen molar-refractivity contribution in [2.24, 2.45) is 0 Å². The summed E-state index contributed by atoms with van der Waals surface area (Å²) in [7, 11) is -3.65. The average Bonchev–Trinajstić information content (AvgIpc) is 2.61. The number of aromatic nitrogens is 1. The van der Waals surface area contributed by atoms with Crippen LogP contribution in [0, 0.1) is 0 Å². The number of carbonyl (C=O) groups is 1. The highest BCUT2D eigenvalue weighted by Crippen LogP contribution is 2.11. The number of nitrogens with zero attached hydrogens (tertiary/aromatic N) is 1. The highest BCUT2D eigenvalue weighted by Gasteiger charge is 2.15. The number of benzene rings is 1. The summed E-state index contributed by atoms with van der Waals surface area (Å²) in [5.74, 6) is -0.213. The first-order valence-corrected chi connectivity index (χ1v) is 9.21. The fraction of sp³-hybridized carbons (Fsp3) is 0.294. The van der Waals surface area contributed by atoms with Gasteiger partial charge in [-0.05, 0) is 49.7 Å². The third kappa shape index (κ3) is 4.87. The Labute approximate surface area is 142 Å². The lowest BCUT2D eigenvalue weighted by Gasteiger charge is -2.12. The highest BCUT2D eigenvalue weighted by atomic mass is 32.2. The van der Waals surface area contributed by atoms with Crippen molar-refractivity contribution in [2.75, 3.05) is 0 Å². The Morgan fingerprint density at radius 2 is 1.88 bits per heavy atom. The lowest BCUT2D eigenvalue weighted by atomic mass is 10.2. The Hall–Kier alpha value is -2.25. The maximum atomic E-state index is 12.3. The molecule has 0 radical (unpaired) electrons. The van der Waals surface area contributed by atoms with Crippen LogP contribution in [0.4, 0.5) is 0 Å². The predicted molar refractivity (Wildman–Crippen MR) is 91.9 cm³/mol. The molecule has 2 rings (SSSR count). The SMILES string of the molecule is CCC(C)NC(=O)c1ccc(S(=O)(=O)NCc2ccccn2)cc1. The first-order valence-electron chi connectivity index (χ1n) is 7.73. The van der Waals surface area contributed by atoms with Crippen molar-refractivity contribution in [3.05, 3.63) is 59.9 Å². The molecule has 1 aromatic heterocycles. The quantitative estimate of drug-likeness (QED) is 0.803. The van der Waals surface area contributed by atoms with E-state index in [1.807, 2.05) is 13.8 Å². The molecule has 0 spiro atoms. The number of hydrogen-bond donors (Lipinski definition) is 2. The van der Waals surface area contributed by atoms with E-state index in [4.69, 9.17) is 0 Å². The van der Waals surface area contributed by atoms with E-state index < -0.39 is 10.0 Å². The Kier molecular flexibility index (Phi) is 6.05. The molecule has 1 amide bonds. The van der Waals surface area contributed by atoms with Crippen LogP contribution in [0.5, 0.6) is 0 Å². The van der Waals surface area contributed by atoms with Gasteiger partial charge in [0.1, 0.15) is 0 Å². The van der Waals surface area contributed by atoms with Crippen LogP contribution in [0.3, 0.4) is 0 Å². The van der Waals surface area contributed by atoms with E-state index in [0.29, 0.717) is 11.3 Å². The average molecular weight is 347 g/mol. The molecule has 1 heterocycles. The van der Waals surface area contributed by atoms with E-state index in [9.17, 15) is 13.2 Å². The second-order valence-electron chi connectivity index (χ2n) is 5.45.